The van der Waals surface area contributed by atoms with Gasteiger partial charge < -0.3 is 10.1 Å². The summed E-state index contributed by atoms with van der Waals surface area (Å²) in [7, 11) is 1.90. The molecule has 3 heterocycles. The van der Waals surface area contributed by atoms with Crippen LogP contribution in [0, 0.1) is 0 Å². The summed E-state index contributed by atoms with van der Waals surface area (Å²) in [4.78, 5) is 12.4. The zero-order valence-corrected chi connectivity index (χ0v) is 13.8. The quantitative estimate of drug-likeness (QED) is 0.914. The minimum absolute atomic E-state index is 0.0583. The molecule has 2 saturated heterocycles. The van der Waals surface area contributed by atoms with Gasteiger partial charge in [0.2, 0.25) is 5.91 Å². The molecule has 1 N–H and O–H groups in total. The Kier molecular flexibility index (Phi) is 5.13. The molecule has 0 bridgehead atoms. The number of aryl methyl sites for hydroxylation is 1. The Labute approximate surface area is 133 Å². The first-order valence-corrected chi connectivity index (χ1v) is 9.54. The second kappa shape index (κ2) is 7.07. The zero-order valence-electron chi connectivity index (χ0n) is 12.2. The Morgan fingerprint density at radius 1 is 1.52 bits per heavy atom. The predicted molar refractivity (Wildman–Crippen MR) is 86.6 cm³/mol. The first-order valence-electron chi connectivity index (χ1n) is 7.34. The van der Waals surface area contributed by atoms with Crippen LogP contribution in [0.3, 0.4) is 0 Å². The largest absolute Gasteiger partial charge is 0.371 e. The minimum Gasteiger partial charge on any atom is -0.371 e. The lowest BCUT2D eigenvalue weighted by molar-refractivity contribution is -0.123. The topological polar surface area (TPSA) is 56.1 Å². The van der Waals surface area contributed by atoms with Crippen LogP contribution in [0.4, 0.5) is 0 Å². The van der Waals surface area contributed by atoms with Crippen LogP contribution in [-0.2, 0) is 16.6 Å². The van der Waals surface area contributed by atoms with Gasteiger partial charge in [0.1, 0.15) is 6.10 Å². The highest BCUT2D eigenvalue weighted by atomic mass is 32.2. The number of aromatic nitrogens is 2. The Morgan fingerprint density at radius 3 is 3.14 bits per heavy atom. The van der Waals surface area contributed by atoms with Crippen LogP contribution in [0.5, 0.6) is 0 Å². The molecule has 0 aromatic carbocycles. The maximum Gasteiger partial charge on any atom is 0.234 e. The van der Waals surface area contributed by atoms with Gasteiger partial charge in [0.05, 0.1) is 17.5 Å². The van der Waals surface area contributed by atoms with Gasteiger partial charge in [-0.1, -0.05) is 0 Å². The second-order valence-electron chi connectivity index (χ2n) is 5.43. The molecule has 1 aromatic heterocycles. The number of hydrogen-bond donors (Lipinski definition) is 1. The van der Waals surface area contributed by atoms with E-state index in [2.05, 4.69) is 10.4 Å². The van der Waals surface area contributed by atoms with E-state index in [0.717, 1.165) is 42.3 Å². The monoisotopic (exact) mass is 327 g/mol. The Balaban J connectivity index is 1.65. The predicted octanol–water partition coefficient (Wildman–Crippen LogP) is 1.60. The molecule has 0 radical (unpaired) electrons. The normalized spacial score (nSPS) is 30.0. The third-order valence-electron chi connectivity index (χ3n) is 3.81. The molecule has 2 aliphatic heterocycles. The molecule has 0 saturated carbocycles. The summed E-state index contributed by atoms with van der Waals surface area (Å²) < 4.78 is 7.68. The average molecular weight is 327 g/mol. The molecule has 7 heteroatoms. The van der Waals surface area contributed by atoms with Crippen molar-refractivity contribution in [3.05, 3.63) is 18.0 Å². The molecule has 3 atom stereocenters. The van der Waals surface area contributed by atoms with Gasteiger partial charge >= 0.3 is 0 Å². The van der Waals surface area contributed by atoms with E-state index < -0.39 is 0 Å². The number of thioether (sulfide) groups is 2. The highest BCUT2D eigenvalue weighted by molar-refractivity contribution is 8.07. The molecule has 5 nitrogen and oxygen atoms in total. The van der Waals surface area contributed by atoms with E-state index >= 15 is 0 Å². The van der Waals surface area contributed by atoms with E-state index in [1.54, 1.807) is 16.4 Å². The van der Waals surface area contributed by atoms with Crippen LogP contribution in [0.15, 0.2) is 12.4 Å². The van der Waals surface area contributed by atoms with Crippen molar-refractivity contribution in [2.45, 2.75) is 30.2 Å². The minimum atomic E-state index is -0.0716. The standard InChI is InChI=1S/C14H21N3O2S2/c1-17-8-10(7-15-17)13-11(3-2-4-19-13)16-14(18)12-9-20-5-6-21-12/h7-8,11-13H,2-6,9H2,1H3,(H,16,18)/t11-,12?,13+/m0/s1. The average Bonchev–Trinajstić information content (AvgIpc) is 2.95. The third-order valence-corrected chi connectivity index (χ3v) is 6.57. The lowest BCUT2D eigenvalue weighted by Crippen LogP contribution is -2.47. The van der Waals surface area contributed by atoms with Crippen molar-refractivity contribution in [3.63, 3.8) is 0 Å². The van der Waals surface area contributed by atoms with Crippen LogP contribution >= 0.6 is 23.5 Å². The van der Waals surface area contributed by atoms with Gasteiger partial charge in [0.15, 0.2) is 0 Å². The maximum atomic E-state index is 12.4. The van der Waals surface area contributed by atoms with Crippen molar-refractivity contribution < 1.29 is 9.53 Å². The summed E-state index contributed by atoms with van der Waals surface area (Å²) in [6.45, 7) is 0.750. The van der Waals surface area contributed by atoms with Crippen LogP contribution in [-0.4, -0.2) is 50.8 Å². The smallest absolute Gasteiger partial charge is 0.234 e. The van der Waals surface area contributed by atoms with E-state index in [1.165, 1.54) is 0 Å². The van der Waals surface area contributed by atoms with Gasteiger partial charge in [-0.15, -0.1) is 11.8 Å². The molecule has 2 fully saturated rings. The highest BCUT2D eigenvalue weighted by Crippen LogP contribution is 2.29. The molecule has 0 aliphatic carbocycles. The van der Waals surface area contributed by atoms with Gasteiger partial charge in [0, 0.05) is 42.7 Å². The number of rotatable bonds is 3. The van der Waals surface area contributed by atoms with Crippen molar-refractivity contribution in [3.8, 4) is 0 Å². The number of carbonyl (C=O) groups excluding carboxylic acids is 1. The molecular weight excluding hydrogens is 306 g/mol. The molecule has 0 spiro atoms. The fourth-order valence-corrected chi connectivity index (χ4v) is 5.33. The SMILES string of the molecule is Cn1cc([C@H]2OCCC[C@@H]2NC(=O)C2CSCCS2)cn1. The lowest BCUT2D eigenvalue weighted by Gasteiger charge is -2.33. The Morgan fingerprint density at radius 2 is 2.43 bits per heavy atom. The van der Waals surface area contributed by atoms with Crippen LogP contribution < -0.4 is 5.32 Å². The molecule has 1 aromatic rings. The van der Waals surface area contributed by atoms with Gasteiger partial charge in [-0.05, 0) is 12.8 Å². The summed E-state index contributed by atoms with van der Waals surface area (Å²) in [6, 6.07) is 0.0583. The van der Waals surface area contributed by atoms with Gasteiger partial charge in [-0.2, -0.15) is 16.9 Å². The van der Waals surface area contributed by atoms with Crippen LogP contribution in [0.25, 0.3) is 0 Å². The zero-order chi connectivity index (χ0) is 14.7. The lowest BCUT2D eigenvalue weighted by atomic mass is 9.98. The summed E-state index contributed by atoms with van der Waals surface area (Å²) in [6.07, 6.45) is 5.70. The van der Waals surface area contributed by atoms with E-state index in [4.69, 9.17) is 4.74 Å². The molecule has 116 valence electrons. The van der Waals surface area contributed by atoms with Crippen LogP contribution in [0.1, 0.15) is 24.5 Å². The highest BCUT2D eigenvalue weighted by Gasteiger charge is 2.32. The number of ether oxygens (including phenoxy) is 1. The van der Waals surface area contributed by atoms with E-state index in [1.807, 2.05) is 31.2 Å². The van der Waals surface area contributed by atoms with Crippen molar-refractivity contribution in [2.24, 2.45) is 7.05 Å². The summed E-state index contributed by atoms with van der Waals surface area (Å²) in [5.74, 6) is 3.30. The number of hydrogen-bond acceptors (Lipinski definition) is 5. The second-order valence-corrected chi connectivity index (χ2v) is 7.89. The van der Waals surface area contributed by atoms with Crippen molar-refractivity contribution >= 4 is 29.4 Å². The van der Waals surface area contributed by atoms with E-state index in [0.29, 0.717) is 0 Å². The van der Waals surface area contributed by atoms with Crippen molar-refractivity contribution in [1.29, 1.82) is 0 Å². The van der Waals surface area contributed by atoms with E-state index in [-0.39, 0.29) is 23.3 Å². The maximum absolute atomic E-state index is 12.4. The molecule has 21 heavy (non-hydrogen) atoms. The number of nitrogens with zero attached hydrogens (tertiary/aromatic N) is 2. The number of carbonyl (C=O) groups is 1. The third kappa shape index (κ3) is 3.76. The van der Waals surface area contributed by atoms with Gasteiger partial charge in [0.25, 0.3) is 0 Å². The van der Waals surface area contributed by atoms with Crippen molar-refractivity contribution in [2.75, 3.05) is 23.9 Å². The van der Waals surface area contributed by atoms with Gasteiger partial charge in [-0.3, -0.25) is 9.48 Å². The molecular formula is C14H21N3O2S2. The first-order chi connectivity index (χ1) is 10.2. The fourth-order valence-electron chi connectivity index (χ4n) is 2.76. The van der Waals surface area contributed by atoms with E-state index in [9.17, 15) is 4.79 Å². The Hall–Kier alpha value is -0.660. The number of nitrogens with one attached hydrogen (secondary N) is 1. The molecule has 1 amide bonds. The summed E-state index contributed by atoms with van der Waals surface area (Å²) in [5.41, 5.74) is 1.05. The molecule has 2 aliphatic rings. The summed E-state index contributed by atoms with van der Waals surface area (Å²) in [5, 5.41) is 7.51. The van der Waals surface area contributed by atoms with Crippen molar-refractivity contribution in [1.82, 2.24) is 15.1 Å². The molecule has 3 rings (SSSR count). The van der Waals surface area contributed by atoms with Gasteiger partial charge in [-0.25, -0.2) is 0 Å². The Bertz CT molecular complexity index is 488. The number of amides is 1. The van der Waals surface area contributed by atoms with Crippen LogP contribution in [0.2, 0.25) is 0 Å². The molecule has 1 unspecified atom stereocenters. The first kappa shape index (κ1) is 15.2. The summed E-state index contributed by atoms with van der Waals surface area (Å²) >= 11 is 3.64. The fraction of sp³-hybridized carbons (Fsp3) is 0.714.